The third-order valence-electron chi connectivity index (χ3n) is 6.94. The maximum absolute atomic E-state index is 6.48. The van der Waals surface area contributed by atoms with Gasteiger partial charge in [0.2, 0.25) is 0 Å². The number of nitrogens with zero attached hydrogens (tertiary/aromatic N) is 5. The number of aromatic nitrogens is 5. The molecule has 3 aromatic heterocycles. The molecule has 34 heavy (non-hydrogen) atoms. The van der Waals surface area contributed by atoms with Gasteiger partial charge in [-0.25, -0.2) is 15.0 Å². The topological polar surface area (TPSA) is 109 Å². The van der Waals surface area contributed by atoms with E-state index in [1.165, 1.54) is 12.8 Å². The smallest absolute Gasteiger partial charge is 0.167 e. The molecular weight excluding hydrogens is 436 g/mol. The SMILES string of the molecule is Cc1noc(C)c1C=C[C@H]1O[C@@H](n2cnc3c(NC4CCCC4)ncnc32)[C@@H]2OC(C)(C)O[C@@H]21. The van der Waals surface area contributed by atoms with Crippen molar-refractivity contribution in [2.45, 2.75) is 89.7 Å². The van der Waals surface area contributed by atoms with Crippen LogP contribution in [0.4, 0.5) is 5.82 Å². The molecule has 10 heteroatoms. The first-order valence-electron chi connectivity index (χ1n) is 12.0. The zero-order valence-electron chi connectivity index (χ0n) is 19.9. The van der Waals surface area contributed by atoms with Crippen molar-refractivity contribution in [2.75, 3.05) is 5.32 Å². The molecule has 0 aromatic carbocycles. The van der Waals surface area contributed by atoms with Gasteiger partial charge in [-0.05, 0) is 40.5 Å². The lowest BCUT2D eigenvalue weighted by Gasteiger charge is -2.24. The Morgan fingerprint density at radius 3 is 2.65 bits per heavy atom. The van der Waals surface area contributed by atoms with E-state index in [1.807, 2.05) is 44.4 Å². The summed E-state index contributed by atoms with van der Waals surface area (Å²) in [4.78, 5) is 13.7. The van der Waals surface area contributed by atoms with Crippen LogP contribution in [0.15, 0.2) is 23.3 Å². The van der Waals surface area contributed by atoms with Crippen molar-refractivity contribution in [3.63, 3.8) is 0 Å². The number of hydrogen-bond acceptors (Lipinski definition) is 9. The molecule has 6 rings (SSSR count). The Bertz CT molecular complexity index is 1210. The molecular formula is C24H30N6O4. The van der Waals surface area contributed by atoms with Crippen LogP contribution in [-0.4, -0.2) is 54.8 Å². The second-order valence-corrected chi connectivity index (χ2v) is 9.83. The molecule has 2 aliphatic heterocycles. The summed E-state index contributed by atoms with van der Waals surface area (Å²) in [5, 5.41) is 7.58. The lowest BCUT2D eigenvalue weighted by atomic mass is 10.1. The summed E-state index contributed by atoms with van der Waals surface area (Å²) in [6, 6.07) is 0.432. The summed E-state index contributed by atoms with van der Waals surface area (Å²) < 4.78 is 26.2. The normalized spacial score (nSPS) is 28.9. The first-order valence-corrected chi connectivity index (χ1v) is 12.0. The molecule has 5 heterocycles. The minimum absolute atomic E-state index is 0.271. The van der Waals surface area contributed by atoms with E-state index in [2.05, 4.69) is 25.4 Å². The molecule has 180 valence electrons. The molecule has 1 N–H and O–H groups in total. The van der Waals surface area contributed by atoms with Crippen molar-refractivity contribution in [3.05, 3.63) is 35.7 Å². The van der Waals surface area contributed by atoms with E-state index in [9.17, 15) is 0 Å². The Morgan fingerprint density at radius 1 is 1.09 bits per heavy atom. The highest BCUT2D eigenvalue weighted by molar-refractivity contribution is 5.82. The first-order chi connectivity index (χ1) is 16.4. The Morgan fingerprint density at radius 2 is 1.88 bits per heavy atom. The Kier molecular flexibility index (Phi) is 5.20. The molecule has 10 nitrogen and oxygen atoms in total. The maximum Gasteiger partial charge on any atom is 0.167 e. The van der Waals surface area contributed by atoms with Crippen LogP contribution in [0, 0.1) is 13.8 Å². The first kappa shape index (κ1) is 21.7. The predicted octanol–water partition coefficient (Wildman–Crippen LogP) is 3.92. The van der Waals surface area contributed by atoms with Gasteiger partial charge in [-0.15, -0.1) is 0 Å². The number of hydrogen-bond donors (Lipinski definition) is 1. The van der Waals surface area contributed by atoms with Gasteiger partial charge >= 0.3 is 0 Å². The number of aryl methyl sites for hydroxylation is 2. The Hall–Kier alpha value is -2.82. The lowest BCUT2D eigenvalue weighted by molar-refractivity contribution is -0.191. The van der Waals surface area contributed by atoms with Gasteiger partial charge in [-0.3, -0.25) is 4.57 Å². The monoisotopic (exact) mass is 466 g/mol. The predicted molar refractivity (Wildman–Crippen MR) is 124 cm³/mol. The van der Waals surface area contributed by atoms with Gasteiger partial charge in [0.25, 0.3) is 0 Å². The lowest BCUT2D eigenvalue weighted by Crippen LogP contribution is -2.28. The molecule has 0 radical (unpaired) electrons. The van der Waals surface area contributed by atoms with Gasteiger partial charge in [0, 0.05) is 11.6 Å². The molecule has 1 saturated carbocycles. The number of imidazole rings is 1. The molecule has 3 aliphatic rings. The number of anilines is 1. The quantitative estimate of drug-likeness (QED) is 0.598. The number of fused-ring (bicyclic) bond motifs is 2. The highest BCUT2D eigenvalue weighted by Gasteiger charge is 2.55. The highest BCUT2D eigenvalue weighted by Crippen LogP contribution is 2.44. The average Bonchev–Trinajstić information content (AvgIpc) is 3.60. The second kappa shape index (κ2) is 8.14. The average molecular weight is 467 g/mol. The van der Waals surface area contributed by atoms with Crippen LogP contribution in [0.5, 0.6) is 0 Å². The Labute approximate surface area is 197 Å². The molecule has 3 fully saturated rings. The number of rotatable bonds is 5. The number of nitrogens with one attached hydrogen (secondary N) is 1. The van der Waals surface area contributed by atoms with Crippen LogP contribution < -0.4 is 5.32 Å². The molecule has 0 unspecified atom stereocenters. The van der Waals surface area contributed by atoms with Crippen LogP contribution in [0.25, 0.3) is 17.2 Å². The van der Waals surface area contributed by atoms with Crippen molar-refractivity contribution in [3.8, 4) is 0 Å². The molecule has 2 saturated heterocycles. The zero-order valence-corrected chi connectivity index (χ0v) is 19.9. The van der Waals surface area contributed by atoms with Gasteiger partial charge < -0.3 is 24.1 Å². The Balaban J connectivity index is 1.32. The molecule has 0 bridgehead atoms. The highest BCUT2D eigenvalue weighted by atomic mass is 16.8. The van der Waals surface area contributed by atoms with Crippen molar-refractivity contribution in [2.24, 2.45) is 0 Å². The summed E-state index contributed by atoms with van der Waals surface area (Å²) in [6.45, 7) is 7.67. The molecule has 1 aliphatic carbocycles. The van der Waals surface area contributed by atoms with Crippen LogP contribution in [0.1, 0.15) is 62.8 Å². The van der Waals surface area contributed by atoms with Gasteiger partial charge in [0.05, 0.1) is 12.0 Å². The third kappa shape index (κ3) is 3.70. The van der Waals surface area contributed by atoms with Gasteiger partial charge in [-0.1, -0.05) is 30.2 Å². The minimum atomic E-state index is -0.715. The fourth-order valence-electron chi connectivity index (χ4n) is 5.31. The largest absolute Gasteiger partial charge is 0.365 e. The van der Waals surface area contributed by atoms with E-state index in [-0.39, 0.29) is 18.3 Å². The van der Waals surface area contributed by atoms with E-state index >= 15 is 0 Å². The van der Waals surface area contributed by atoms with Gasteiger partial charge in [-0.2, -0.15) is 0 Å². The molecule has 0 amide bonds. The summed E-state index contributed by atoms with van der Waals surface area (Å²) in [6.07, 6.45) is 10.8. The van der Waals surface area contributed by atoms with Crippen molar-refractivity contribution < 1.29 is 18.7 Å². The van der Waals surface area contributed by atoms with Gasteiger partial charge in [0.15, 0.2) is 29.0 Å². The van der Waals surface area contributed by atoms with Crippen molar-refractivity contribution >= 4 is 23.1 Å². The van der Waals surface area contributed by atoms with Crippen LogP contribution in [0.2, 0.25) is 0 Å². The molecule has 4 atom stereocenters. The van der Waals surface area contributed by atoms with E-state index in [1.54, 1.807) is 12.7 Å². The fourth-order valence-corrected chi connectivity index (χ4v) is 5.31. The van der Waals surface area contributed by atoms with E-state index in [0.717, 1.165) is 41.2 Å². The summed E-state index contributed by atoms with van der Waals surface area (Å²) in [7, 11) is 0. The minimum Gasteiger partial charge on any atom is -0.365 e. The summed E-state index contributed by atoms with van der Waals surface area (Å²) in [5.41, 5.74) is 3.24. The van der Waals surface area contributed by atoms with Gasteiger partial charge in [0.1, 0.15) is 30.4 Å². The van der Waals surface area contributed by atoms with Crippen LogP contribution >= 0.6 is 0 Å². The van der Waals surface area contributed by atoms with E-state index in [0.29, 0.717) is 11.7 Å². The zero-order chi connectivity index (χ0) is 23.4. The van der Waals surface area contributed by atoms with Crippen molar-refractivity contribution in [1.29, 1.82) is 0 Å². The van der Waals surface area contributed by atoms with Crippen LogP contribution in [-0.2, 0) is 14.2 Å². The van der Waals surface area contributed by atoms with Crippen molar-refractivity contribution in [1.82, 2.24) is 24.7 Å². The number of ether oxygens (including phenoxy) is 3. The maximum atomic E-state index is 6.48. The summed E-state index contributed by atoms with van der Waals surface area (Å²) in [5.74, 6) is 0.819. The standard InChI is InChI=1S/C24H30N6O4/c1-13-16(14(2)34-29-13)9-10-17-19-20(33-24(3,4)32-19)23(31-17)30-12-27-18-21(25-11-26-22(18)30)28-15-7-5-6-8-15/h9-12,15,17,19-20,23H,5-8H2,1-4H3,(H,25,26,28)/t17-,19-,20-,23-/m1/s1. The molecule has 0 spiro atoms. The second-order valence-electron chi connectivity index (χ2n) is 9.83. The molecule has 3 aromatic rings. The van der Waals surface area contributed by atoms with Crippen LogP contribution in [0.3, 0.4) is 0 Å². The third-order valence-corrected chi connectivity index (χ3v) is 6.94. The van der Waals surface area contributed by atoms with E-state index in [4.69, 9.17) is 18.7 Å². The summed E-state index contributed by atoms with van der Waals surface area (Å²) >= 11 is 0. The fraction of sp³-hybridized carbons (Fsp3) is 0.583. The van der Waals surface area contributed by atoms with E-state index < -0.39 is 12.0 Å².